The van der Waals surface area contributed by atoms with Gasteiger partial charge in [-0.15, -0.1) is 10.5 Å². The number of hydrogen-bond donors (Lipinski definition) is 0. The summed E-state index contributed by atoms with van der Waals surface area (Å²) in [6.45, 7) is 0. The molecule has 0 saturated heterocycles. The summed E-state index contributed by atoms with van der Waals surface area (Å²) >= 11 is 0. The van der Waals surface area contributed by atoms with Crippen molar-refractivity contribution in [3.63, 3.8) is 0 Å². The first-order valence-corrected chi connectivity index (χ1v) is 6.68. The minimum absolute atomic E-state index is 0.330. The molecule has 0 N–H and O–H groups in total. The zero-order valence-corrected chi connectivity index (χ0v) is 12.0. The first-order valence-electron chi connectivity index (χ1n) is 6.68. The van der Waals surface area contributed by atoms with Crippen LogP contribution in [0.3, 0.4) is 0 Å². The fraction of sp³-hybridized carbons (Fsp3) is 0.118. The van der Waals surface area contributed by atoms with Crippen molar-refractivity contribution >= 4 is 11.8 Å². The van der Waals surface area contributed by atoms with E-state index in [9.17, 15) is 4.79 Å². The molecule has 2 aromatic carbocycles. The fourth-order valence-corrected chi connectivity index (χ4v) is 2.08. The zero-order valence-electron chi connectivity index (χ0n) is 12.0. The van der Waals surface area contributed by atoms with Crippen LogP contribution in [-0.2, 0) is 17.6 Å². The Labute approximate surface area is 132 Å². The number of rotatable bonds is 6. The number of nitrogens with zero attached hydrogens (tertiary/aromatic N) is 3. The second kappa shape index (κ2) is 7.99. The molecule has 0 unspecified atom stereocenters. The van der Waals surface area contributed by atoms with Crippen molar-refractivity contribution in [3.05, 3.63) is 53.6 Å². The van der Waals surface area contributed by atoms with Crippen molar-refractivity contribution in [2.45, 2.75) is 12.8 Å². The van der Waals surface area contributed by atoms with Crippen molar-refractivity contribution in [1.82, 2.24) is 0 Å². The van der Waals surface area contributed by atoms with Crippen LogP contribution in [0.5, 0.6) is 11.5 Å². The number of aryl methyl sites for hydroxylation is 2. The van der Waals surface area contributed by atoms with Crippen molar-refractivity contribution in [3.8, 4) is 24.0 Å². The summed E-state index contributed by atoms with van der Waals surface area (Å²) < 4.78 is 9.52. The molecular formula is C17H11N3O3. The van der Waals surface area contributed by atoms with Crippen LogP contribution < -0.4 is 9.47 Å². The van der Waals surface area contributed by atoms with Gasteiger partial charge < -0.3 is 9.47 Å². The highest BCUT2D eigenvalue weighted by Crippen LogP contribution is 2.24. The van der Waals surface area contributed by atoms with Gasteiger partial charge in [0, 0.05) is 6.07 Å². The van der Waals surface area contributed by atoms with Gasteiger partial charge in [0.2, 0.25) is 6.08 Å². The van der Waals surface area contributed by atoms with Crippen molar-refractivity contribution in [2.75, 3.05) is 0 Å². The van der Waals surface area contributed by atoms with Gasteiger partial charge in [0.25, 0.3) is 12.5 Å². The van der Waals surface area contributed by atoms with Crippen LogP contribution in [0.15, 0.2) is 47.5 Å². The average Bonchev–Trinajstić information content (AvgIpc) is 2.55. The Bertz CT molecular complexity index is 810. The van der Waals surface area contributed by atoms with Crippen LogP contribution in [-0.4, -0.2) is 6.08 Å². The molecule has 0 aliphatic rings. The quantitative estimate of drug-likeness (QED) is 0.464. The number of ether oxygens (including phenoxy) is 2. The van der Waals surface area contributed by atoms with Gasteiger partial charge in [-0.3, -0.25) is 0 Å². The number of aliphatic imine (C=N–C) groups is 1. The van der Waals surface area contributed by atoms with Crippen LogP contribution in [0, 0.1) is 23.0 Å². The highest BCUT2D eigenvalue weighted by atomic mass is 16.5. The van der Waals surface area contributed by atoms with Gasteiger partial charge in [-0.05, 0) is 48.2 Å². The first-order chi connectivity index (χ1) is 11.2. The third-order valence-electron chi connectivity index (χ3n) is 3.08. The lowest BCUT2D eigenvalue weighted by molar-refractivity contribution is 0.506. The Morgan fingerprint density at radius 2 is 1.52 bits per heavy atom. The third kappa shape index (κ3) is 4.71. The molecule has 112 valence electrons. The van der Waals surface area contributed by atoms with E-state index in [1.165, 1.54) is 12.1 Å². The molecule has 0 spiro atoms. The molecule has 2 aromatic rings. The van der Waals surface area contributed by atoms with Gasteiger partial charge in [-0.25, -0.2) is 4.79 Å². The van der Waals surface area contributed by atoms with Gasteiger partial charge >= 0.3 is 0 Å². The average molecular weight is 305 g/mol. The Morgan fingerprint density at radius 1 is 0.870 bits per heavy atom. The molecule has 23 heavy (non-hydrogen) atoms. The zero-order chi connectivity index (χ0) is 16.5. The highest BCUT2D eigenvalue weighted by Gasteiger charge is 2.04. The van der Waals surface area contributed by atoms with Crippen LogP contribution >= 0.6 is 0 Å². The maximum Gasteiger partial charge on any atom is 0.292 e. The summed E-state index contributed by atoms with van der Waals surface area (Å²) in [7, 11) is 0. The third-order valence-corrected chi connectivity index (χ3v) is 3.08. The molecule has 0 fully saturated rings. The van der Waals surface area contributed by atoms with Crippen LogP contribution in [0.25, 0.3) is 0 Å². The second-order valence-corrected chi connectivity index (χ2v) is 4.57. The molecule has 0 atom stereocenters. The maximum absolute atomic E-state index is 10.4. The molecule has 0 bridgehead atoms. The lowest BCUT2D eigenvalue weighted by Crippen LogP contribution is -1.93. The second-order valence-electron chi connectivity index (χ2n) is 4.57. The Balaban J connectivity index is 2.11. The first kappa shape index (κ1) is 15.8. The van der Waals surface area contributed by atoms with Gasteiger partial charge in [0.05, 0.1) is 5.69 Å². The minimum Gasteiger partial charge on any atom is -0.388 e. The molecule has 0 aliphatic carbocycles. The lowest BCUT2D eigenvalue weighted by atomic mass is 10.0. The number of nitriles is 2. The number of isocyanates is 1. The molecule has 0 radical (unpaired) electrons. The summed E-state index contributed by atoms with van der Waals surface area (Å²) in [4.78, 5) is 13.9. The van der Waals surface area contributed by atoms with E-state index in [1.807, 2.05) is 12.1 Å². The topological polar surface area (TPSA) is 95.5 Å². The van der Waals surface area contributed by atoms with Gasteiger partial charge in [-0.2, -0.15) is 4.99 Å². The predicted octanol–water partition coefficient (Wildman–Crippen LogP) is 3.16. The molecule has 0 aliphatic heterocycles. The van der Waals surface area contributed by atoms with E-state index in [0.717, 1.165) is 17.5 Å². The summed E-state index contributed by atoms with van der Waals surface area (Å²) in [6.07, 6.45) is 6.07. The smallest absolute Gasteiger partial charge is 0.292 e. The monoisotopic (exact) mass is 305 g/mol. The van der Waals surface area contributed by atoms with E-state index in [-0.39, 0.29) is 0 Å². The standard InChI is InChI=1S/C17H11N3O3/c18-10-22-16-5-3-13(4-6-16)1-2-14-7-15(20-12-21)9-17(8-14)23-11-19/h3-9H,1-2H2. The number of carbonyl (C=O) groups excluding carboxylic acids is 1. The van der Waals surface area contributed by atoms with E-state index in [1.54, 1.807) is 36.8 Å². The van der Waals surface area contributed by atoms with E-state index in [4.69, 9.17) is 20.0 Å². The van der Waals surface area contributed by atoms with E-state index in [0.29, 0.717) is 23.6 Å². The molecular weight excluding hydrogens is 294 g/mol. The van der Waals surface area contributed by atoms with E-state index in [2.05, 4.69) is 4.99 Å². The van der Waals surface area contributed by atoms with Gasteiger partial charge in [0.15, 0.2) is 0 Å². The molecule has 6 nitrogen and oxygen atoms in total. The Hall–Kier alpha value is -3.60. The molecule has 2 rings (SSSR count). The number of hydrogen-bond acceptors (Lipinski definition) is 6. The van der Waals surface area contributed by atoms with Crippen LogP contribution in [0.1, 0.15) is 11.1 Å². The summed E-state index contributed by atoms with van der Waals surface area (Å²) in [5, 5.41) is 17.0. The van der Waals surface area contributed by atoms with Crippen LogP contribution in [0.4, 0.5) is 5.69 Å². The normalized spacial score (nSPS) is 9.13. The summed E-state index contributed by atoms with van der Waals surface area (Å²) in [5.74, 6) is 0.819. The lowest BCUT2D eigenvalue weighted by Gasteiger charge is -2.06. The SMILES string of the molecule is N#COc1ccc(CCc2cc(N=C=O)cc(OC#N)c2)cc1. The highest BCUT2D eigenvalue weighted by molar-refractivity contribution is 5.53. The Morgan fingerprint density at radius 3 is 2.17 bits per heavy atom. The molecule has 0 heterocycles. The van der Waals surface area contributed by atoms with Gasteiger partial charge in [0.1, 0.15) is 11.5 Å². The molecule has 0 saturated carbocycles. The largest absolute Gasteiger partial charge is 0.388 e. The minimum atomic E-state index is 0.330. The molecule has 6 heteroatoms. The van der Waals surface area contributed by atoms with Crippen molar-refractivity contribution < 1.29 is 14.3 Å². The predicted molar refractivity (Wildman–Crippen MR) is 80.6 cm³/mol. The van der Waals surface area contributed by atoms with Crippen LogP contribution in [0.2, 0.25) is 0 Å². The summed E-state index contributed by atoms with van der Waals surface area (Å²) in [6, 6.07) is 12.1. The fourth-order valence-electron chi connectivity index (χ4n) is 2.08. The summed E-state index contributed by atoms with van der Waals surface area (Å²) in [5.41, 5.74) is 2.33. The van der Waals surface area contributed by atoms with Gasteiger partial charge in [-0.1, -0.05) is 12.1 Å². The number of benzene rings is 2. The van der Waals surface area contributed by atoms with E-state index >= 15 is 0 Å². The van der Waals surface area contributed by atoms with E-state index < -0.39 is 0 Å². The van der Waals surface area contributed by atoms with Crippen molar-refractivity contribution in [2.24, 2.45) is 4.99 Å². The van der Waals surface area contributed by atoms with Crippen molar-refractivity contribution in [1.29, 1.82) is 10.5 Å². The molecule has 0 amide bonds. The maximum atomic E-state index is 10.4. The Kier molecular flexibility index (Phi) is 5.48. The molecule has 0 aromatic heterocycles.